The zero-order chi connectivity index (χ0) is 48.6. The molecule has 2 amide bonds. The van der Waals surface area contributed by atoms with Gasteiger partial charge in [-0.05, 0) is 102 Å². The summed E-state index contributed by atoms with van der Waals surface area (Å²) in [5, 5.41) is 5.49. The van der Waals surface area contributed by atoms with E-state index in [0.29, 0.717) is 17.5 Å². The Labute approximate surface area is 403 Å². The van der Waals surface area contributed by atoms with Gasteiger partial charge in [-0.2, -0.15) is 0 Å². The summed E-state index contributed by atoms with van der Waals surface area (Å²) in [5.41, 5.74) is 6.12. The lowest BCUT2D eigenvalue weighted by Crippen LogP contribution is -2.43. The predicted molar refractivity (Wildman–Crippen MR) is 260 cm³/mol. The first-order valence-electron chi connectivity index (χ1n) is 21.4. The van der Waals surface area contributed by atoms with Crippen molar-refractivity contribution in [3.63, 3.8) is 0 Å². The van der Waals surface area contributed by atoms with Crippen LogP contribution in [0.5, 0.6) is 0 Å². The zero-order valence-corrected chi connectivity index (χ0v) is 39.5. The van der Waals surface area contributed by atoms with E-state index in [1.54, 1.807) is 24.8 Å². The van der Waals surface area contributed by atoms with Crippen LogP contribution in [-0.2, 0) is 50.1 Å². The molecule has 0 fully saturated rings. The number of nitrogens with one attached hydrogen (secondary N) is 2. The molecule has 2 atom stereocenters. The molecule has 15 heteroatoms. The molecule has 68 heavy (non-hydrogen) atoms. The Hall–Kier alpha value is -6.87. The number of nitrogens with zero attached hydrogens (tertiary/aromatic N) is 2. The summed E-state index contributed by atoms with van der Waals surface area (Å²) in [5.74, 6) is -1.70. The summed E-state index contributed by atoms with van der Waals surface area (Å²) >= 11 is 1.77. The average molecular weight is 974 g/mol. The van der Waals surface area contributed by atoms with E-state index in [1.165, 1.54) is 40.8 Å². The summed E-state index contributed by atoms with van der Waals surface area (Å²) < 4.78 is 49.5. The summed E-state index contributed by atoms with van der Waals surface area (Å²) in [6.07, 6.45) is 2.69. The Kier molecular flexibility index (Phi) is 18.0. The second-order valence-corrected chi connectivity index (χ2v) is 19.4. The third-order valence-electron chi connectivity index (χ3n) is 10.6. The van der Waals surface area contributed by atoms with Crippen LogP contribution in [-0.4, -0.2) is 53.9 Å². The first-order chi connectivity index (χ1) is 32.6. The van der Waals surface area contributed by atoms with Crippen molar-refractivity contribution in [1.29, 1.82) is 0 Å². The van der Waals surface area contributed by atoms with Gasteiger partial charge in [-0.15, -0.1) is 11.8 Å². The molecule has 0 saturated heterocycles. The number of Topliss-reactive ketones (excluding diaryl/α,β-unsaturated/α-hetero) is 2. The van der Waals surface area contributed by atoms with Crippen LogP contribution in [0.15, 0.2) is 174 Å². The second kappa shape index (κ2) is 24.2. The Morgan fingerprint density at radius 2 is 0.985 bits per heavy atom. The Bertz CT molecular complexity index is 2950. The van der Waals surface area contributed by atoms with Crippen molar-refractivity contribution in [1.82, 2.24) is 20.6 Å². The van der Waals surface area contributed by atoms with Crippen LogP contribution >= 0.6 is 22.4 Å². The quantitative estimate of drug-likeness (QED) is 0.0633. The number of rotatable bonds is 18. The number of benzene rings is 5. The highest BCUT2D eigenvalue weighted by atomic mass is 35.7. The number of pyridine rings is 2. The summed E-state index contributed by atoms with van der Waals surface area (Å²) in [6.45, 7) is 3.64. The van der Waals surface area contributed by atoms with Gasteiger partial charge < -0.3 is 10.6 Å². The molecule has 0 bridgehead atoms. The van der Waals surface area contributed by atoms with Gasteiger partial charge in [-0.25, -0.2) is 27.2 Å². The molecule has 0 saturated carbocycles. The first kappa shape index (κ1) is 50.5. The van der Waals surface area contributed by atoms with Gasteiger partial charge in [0.15, 0.2) is 11.6 Å². The fourth-order valence-corrected chi connectivity index (χ4v) is 9.30. The van der Waals surface area contributed by atoms with Gasteiger partial charge in [0, 0.05) is 34.2 Å². The van der Waals surface area contributed by atoms with E-state index in [0.717, 1.165) is 46.5 Å². The molecule has 0 aliphatic rings. The number of hydrogen-bond acceptors (Lipinski definition) is 9. The van der Waals surface area contributed by atoms with Crippen molar-refractivity contribution in [3.05, 3.63) is 226 Å². The molecule has 2 heterocycles. The molecule has 10 nitrogen and oxygen atoms in total. The summed E-state index contributed by atoms with van der Waals surface area (Å²) in [4.78, 5) is 60.5. The number of aryl methyl sites for hydroxylation is 2. The summed E-state index contributed by atoms with van der Waals surface area (Å²) in [7, 11) is 1.53. The fourth-order valence-electron chi connectivity index (χ4n) is 7.14. The lowest BCUT2D eigenvalue weighted by atomic mass is 9.97. The van der Waals surface area contributed by atoms with Crippen LogP contribution in [0.2, 0.25) is 0 Å². The van der Waals surface area contributed by atoms with E-state index in [4.69, 9.17) is 10.7 Å². The van der Waals surface area contributed by atoms with Gasteiger partial charge in [0.25, 0.3) is 20.9 Å². The van der Waals surface area contributed by atoms with Crippen LogP contribution in [0.4, 0.5) is 8.78 Å². The number of carbonyl (C=O) groups excluding carboxylic acids is 4. The van der Waals surface area contributed by atoms with E-state index >= 15 is 0 Å². The predicted octanol–water partition coefficient (Wildman–Crippen LogP) is 9.58. The van der Waals surface area contributed by atoms with Gasteiger partial charge in [0.05, 0.1) is 29.4 Å². The molecular weight excluding hydrogens is 926 g/mol. The topological polar surface area (TPSA) is 152 Å². The van der Waals surface area contributed by atoms with E-state index in [1.807, 2.05) is 97.9 Å². The van der Waals surface area contributed by atoms with Crippen molar-refractivity contribution in [3.8, 4) is 0 Å². The number of hydrogen-bond donors (Lipinski definition) is 2. The largest absolute Gasteiger partial charge is 0.341 e. The molecule has 0 unspecified atom stereocenters. The van der Waals surface area contributed by atoms with Crippen molar-refractivity contribution in [2.24, 2.45) is 0 Å². The number of amides is 2. The Morgan fingerprint density at radius 3 is 1.38 bits per heavy atom. The van der Waals surface area contributed by atoms with Gasteiger partial charge >= 0.3 is 0 Å². The van der Waals surface area contributed by atoms with Gasteiger partial charge in [0.1, 0.15) is 23.0 Å². The Morgan fingerprint density at radius 1 is 0.559 bits per heavy atom. The molecular formula is C53H47ClF2N4O6S2. The lowest BCUT2D eigenvalue weighted by Gasteiger charge is -2.18. The van der Waals surface area contributed by atoms with Crippen LogP contribution in [0.1, 0.15) is 59.9 Å². The van der Waals surface area contributed by atoms with Crippen LogP contribution in [0.3, 0.4) is 0 Å². The SMILES string of the molecule is Cc1cc(CC(=O)[C@H](Cc2ccccc2)NC(=O)c2ccc(F)cn2)ccc1S(=O)(=O)Cl.Cc1cc(CC(=O)[C@H](Cc2ccccc2)NC(=O)c2ccc(F)cn2)ccc1SCc1ccccc1. The highest BCUT2D eigenvalue weighted by Gasteiger charge is 2.25. The highest BCUT2D eigenvalue weighted by Crippen LogP contribution is 2.27. The van der Waals surface area contributed by atoms with E-state index in [-0.39, 0.29) is 47.1 Å². The molecule has 5 aromatic carbocycles. The van der Waals surface area contributed by atoms with Crippen LogP contribution < -0.4 is 10.6 Å². The molecule has 0 radical (unpaired) electrons. The van der Waals surface area contributed by atoms with Gasteiger partial charge in [-0.1, -0.05) is 115 Å². The van der Waals surface area contributed by atoms with Gasteiger partial charge in [-0.3, -0.25) is 19.2 Å². The maximum atomic E-state index is 13.3. The van der Waals surface area contributed by atoms with Crippen molar-refractivity contribution in [2.75, 3.05) is 0 Å². The molecule has 7 rings (SSSR count). The lowest BCUT2D eigenvalue weighted by molar-refractivity contribution is -0.121. The van der Waals surface area contributed by atoms with E-state index in [9.17, 15) is 36.4 Å². The maximum absolute atomic E-state index is 13.3. The number of aromatic nitrogens is 2. The minimum absolute atomic E-state index is 0.00946. The van der Waals surface area contributed by atoms with Crippen LogP contribution in [0, 0.1) is 25.5 Å². The normalized spacial score (nSPS) is 11.9. The number of ketones is 2. The average Bonchev–Trinajstić information content (AvgIpc) is 3.32. The molecule has 0 aliphatic carbocycles. The van der Waals surface area contributed by atoms with Gasteiger partial charge in [0.2, 0.25) is 0 Å². The minimum atomic E-state index is -3.89. The van der Waals surface area contributed by atoms with E-state index in [2.05, 4.69) is 38.8 Å². The standard InChI is InChI=1S/C30H27FN2O2S.C23H20ClFN2O4S/c1-21-16-24(12-15-29(21)36-20-23-10-6-3-7-11-23)18-28(34)27(17-22-8-4-2-5-9-22)33-30(35)26-14-13-25(31)19-32-26;1-15-11-17(7-10-22(15)32(24,30)31)13-21(28)20(12-16-5-3-2-4-6-16)27-23(29)19-9-8-18(25)14-26-19/h2-16,19,27H,17-18,20H2,1H3,(H,33,35);2-11,14,20H,12-13H2,1H3,(H,27,29)/t27-;20-/m00/s1. The minimum Gasteiger partial charge on any atom is -0.341 e. The van der Waals surface area contributed by atoms with E-state index < -0.39 is 44.6 Å². The third kappa shape index (κ3) is 15.3. The highest BCUT2D eigenvalue weighted by molar-refractivity contribution is 8.13. The van der Waals surface area contributed by atoms with Crippen molar-refractivity contribution in [2.45, 2.75) is 67.2 Å². The van der Waals surface area contributed by atoms with Crippen molar-refractivity contribution >= 4 is 54.9 Å². The molecule has 2 aromatic heterocycles. The molecule has 7 aromatic rings. The smallest absolute Gasteiger partial charge is 0.270 e. The Balaban J connectivity index is 0.000000226. The number of thioether (sulfide) groups is 1. The van der Waals surface area contributed by atoms with Crippen LogP contribution in [0.25, 0.3) is 0 Å². The number of halogens is 3. The third-order valence-corrected chi connectivity index (χ3v) is 13.3. The molecule has 0 aliphatic heterocycles. The second-order valence-electron chi connectivity index (χ2n) is 15.9. The fraction of sp³-hybridized carbons (Fsp3) is 0.170. The summed E-state index contributed by atoms with van der Waals surface area (Å²) in [6, 6.07) is 42.8. The molecule has 348 valence electrons. The maximum Gasteiger partial charge on any atom is 0.270 e. The van der Waals surface area contributed by atoms with Crippen molar-refractivity contribution < 1.29 is 36.4 Å². The number of carbonyl (C=O) groups is 4. The first-order valence-corrected chi connectivity index (χ1v) is 24.7. The molecule has 2 N–H and O–H groups in total. The zero-order valence-electron chi connectivity index (χ0n) is 37.1. The molecule has 0 spiro atoms. The monoisotopic (exact) mass is 972 g/mol.